The van der Waals surface area contributed by atoms with Crippen molar-refractivity contribution in [3.05, 3.63) is 73.6 Å². The number of hydrogen-bond acceptors (Lipinski definition) is 7. The number of nitrogens with zero attached hydrogens (tertiary/aromatic N) is 7. The molecule has 178 valence electrons. The van der Waals surface area contributed by atoms with Gasteiger partial charge in [-0.3, -0.25) is 4.68 Å². The zero-order chi connectivity index (χ0) is 24.7. The molecule has 35 heavy (non-hydrogen) atoms. The van der Waals surface area contributed by atoms with Crippen LogP contribution in [-0.2, 0) is 13.1 Å². The number of alkyl halides is 2. The van der Waals surface area contributed by atoms with Crippen molar-refractivity contribution in [1.29, 1.82) is 0 Å². The molecule has 0 amide bonds. The molecule has 0 saturated carbocycles. The van der Waals surface area contributed by atoms with Gasteiger partial charge in [0.25, 0.3) is 6.43 Å². The van der Waals surface area contributed by atoms with Crippen LogP contribution < -0.4 is 5.63 Å². The first-order chi connectivity index (χ1) is 16.8. The van der Waals surface area contributed by atoms with E-state index in [-0.39, 0.29) is 23.5 Å². The predicted octanol–water partition coefficient (Wildman–Crippen LogP) is 4.74. The Balaban J connectivity index is 1.52. The van der Waals surface area contributed by atoms with Crippen LogP contribution in [0.15, 0.2) is 56.1 Å². The zero-order valence-electron chi connectivity index (χ0n) is 18.0. The number of halogens is 4. The highest BCUT2D eigenvalue weighted by Crippen LogP contribution is 2.25. The molecular weight excluding hydrogens is 548 g/mol. The molecule has 0 aliphatic rings. The van der Waals surface area contributed by atoms with Gasteiger partial charge in [0.1, 0.15) is 18.8 Å². The van der Waals surface area contributed by atoms with Crippen molar-refractivity contribution in [3.63, 3.8) is 0 Å². The Labute approximate surface area is 209 Å². The Morgan fingerprint density at radius 2 is 1.91 bits per heavy atom. The summed E-state index contributed by atoms with van der Waals surface area (Å²) in [5, 5.41) is 17.2. The summed E-state index contributed by atoms with van der Waals surface area (Å²) < 4.78 is 33.9. The third-order valence-electron chi connectivity index (χ3n) is 5.11. The third-order valence-corrected chi connectivity index (χ3v) is 5.85. The average Bonchev–Trinajstić information content (AvgIpc) is 3.42. The van der Waals surface area contributed by atoms with E-state index in [0.29, 0.717) is 27.6 Å². The van der Waals surface area contributed by atoms with Gasteiger partial charge in [-0.1, -0.05) is 27.5 Å². The fraction of sp³-hybridized carbons (Fsp3) is 0.182. The van der Waals surface area contributed by atoms with E-state index >= 15 is 0 Å². The highest BCUT2D eigenvalue weighted by atomic mass is 79.9. The van der Waals surface area contributed by atoms with Crippen LogP contribution in [0.4, 0.5) is 8.78 Å². The molecule has 3 aromatic heterocycles. The van der Waals surface area contributed by atoms with Gasteiger partial charge in [-0.2, -0.15) is 9.90 Å². The van der Waals surface area contributed by atoms with Gasteiger partial charge < -0.3 is 4.42 Å². The quantitative estimate of drug-likeness (QED) is 0.294. The molecule has 0 aliphatic heterocycles. The third kappa shape index (κ3) is 4.84. The number of benzene rings is 2. The summed E-state index contributed by atoms with van der Waals surface area (Å²) in [7, 11) is 0. The fourth-order valence-electron chi connectivity index (χ4n) is 3.58. The first-order valence-electron chi connectivity index (χ1n) is 10.3. The van der Waals surface area contributed by atoms with Crippen molar-refractivity contribution in [2.75, 3.05) is 0 Å². The van der Waals surface area contributed by atoms with Gasteiger partial charge in [0.05, 0.1) is 16.6 Å². The number of fused-ring (bicyclic) bond motifs is 1. The van der Waals surface area contributed by atoms with E-state index in [1.807, 2.05) is 24.3 Å². The van der Waals surface area contributed by atoms with E-state index in [4.69, 9.17) is 16.0 Å². The van der Waals surface area contributed by atoms with Crippen molar-refractivity contribution in [2.45, 2.75) is 26.4 Å². The maximum Gasteiger partial charge on any atom is 0.347 e. The minimum absolute atomic E-state index is 0.0548. The molecule has 0 atom stereocenters. The Morgan fingerprint density at radius 3 is 2.66 bits per heavy atom. The fourth-order valence-corrected chi connectivity index (χ4v) is 4.11. The summed E-state index contributed by atoms with van der Waals surface area (Å²) in [5.74, 6) is 0.274. The molecule has 0 N–H and O–H groups in total. The highest BCUT2D eigenvalue weighted by molar-refractivity contribution is 9.10. The van der Waals surface area contributed by atoms with Crippen molar-refractivity contribution >= 4 is 38.4 Å². The Bertz CT molecular complexity index is 1600. The second-order valence-electron chi connectivity index (χ2n) is 7.67. The number of rotatable bonds is 6. The summed E-state index contributed by atoms with van der Waals surface area (Å²) in [5.41, 5.74) is 1.58. The van der Waals surface area contributed by atoms with Gasteiger partial charge in [-0.25, -0.2) is 18.6 Å². The van der Waals surface area contributed by atoms with Crippen molar-refractivity contribution < 1.29 is 13.2 Å². The Kier molecular flexibility index (Phi) is 6.15. The molecule has 13 heteroatoms. The molecule has 0 fully saturated rings. The molecular formula is C22H15BrClF2N7O2. The van der Waals surface area contributed by atoms with Gasteiger partial charge in [0.2, 0.25) is 11.7 Å². The second-order valence-corrected chi connectivity index (χ2v) is 9.02. The summed E-state index contributed by atoms with van der Waals surface area (Å²) in [6.45, 7) is 1.08. The topological polar surface area (TPSA) is 105 Å². The second kappa shape index (κ2) is 9.27. The highest BCUT2D eigenvalue weighted by Gasteiger charge is 2.20. The van der Waals surface area contributed by atoms with Crippen LogP contribution in [0.3, 0.4) is 0 Å². The Morgan fingerprint density at radius 1 is 1.14 bits per heavy atom. The van der Waals surface area contributed by atoms with Gasteiger partial charge in [0.15, 0.2) is 0 Å². The minimum atomic E-state index is -2.69. The molecule has 2 aromatic carbocycles. The van der Waals surface area contributed by atoms with E-state index < -0.39 is 18.6 Å². The average molecular weight is 563 g/mol. The van der Waals surface area contributed by atoms with E-state index in [9.17, 15) is 13.6 Å². The maximum absolute atomic E-state index is 13.3. The number of hydrogen-bond donors (Lipinski definition) is 0. The maximum atomic E-state index is 13.3. The predicted molar refractivity (Wildman–Crippen MR) is 127 cm³/mol. The molecule has 5 rings (SSSR count). The SMILES string of the molecule is Cc1cc(Cl)cc2c(=O)oc(-c3cc(Cn4nnc(-c5ccc(Br)cc5)n4)nn3CC(F)F)nc12. The lowest BCUT2D eigenvalue weighted by Gasteiger charge is -2.07. The molecule has 0 saturated heterocycles. The lowest BCUT2D eigenvalue weighted by atomic mass is 10.1. The molecule has 0 aliphatic carbocycles. The van der Waals surface area contributed by atoms with Crippen LogP contribution in [0.2, 0.25) is 5.02 Å². The van der Waals surface area contributed by atoms with E-state index in [2.05, 4.69) is 41.4 Å². The molecule has 0 spiro atoms. The summed E-state index contributed by atoms with van der Waals surface area (Å²) in [4.78, 5) is 18.3. The van der Waals surface area contributed by atoms with Gasteiger partial charge in [-0.15, -0.1) is 10.2 Å². The lowest BCUT2D eigenvalue weighted by molar-refractivity contribution is 0.122. The van der Waals surface area contributed by atoms with Crippen LogP contribution in [-0.4, -0.2) is 41.4 Å². The van der Waals surface area contributed by atoms with Crippen LogP contribution >= 0.6 is 27.5 Å². The monoisotopic (exact) mass is 561 g/mol. The molecule has 9 nitrogen and oxygen atoms in total. The standard InChI is InChI=1S/C22H15BrClF2N7O2/c1-11-6-14(24)7-16-19(11)27-21(35-22(16)34)17-8-15(29-32(17)10-18(25)26)9-33-30-20(28-31-33)12-2-4-13(23)5-3-12/h2-8,18H,9-10H2,1H3. The molecule has 0 bridgehead atoms. The van der Waals surface area contributed by atoms with Gasteiger partial charge in [-0.05, 0) is 60.2 Å². The summed E-state index contributed by atoms with van der Waals surface area (Å²) in [6.07, 6.45) is -2.69. The van der Waals surface area contributed by atoms with Crippen LogP contribution in [0.25, 0.3) is 33.9 Å². The minimum Gasteiger partial charge on any atom is -0.401 e. The van der Waals surface area contributed by atoms with Crippen molar-refractivity contribution in [2.24, 2.45) is 0 Å². The number of tetrazole rings is 1. The first kappa shape index (κ1) is 23.2. The molecule has 5 aromatic rings. The van der Waals surface area contributed by atoms with Crippen LogP contribution in [0, 0.1) is 6.92 Å². The van der Waals surface area contributed by atoms with E-state index in [1.54, 1.807) is 13.0 Å². The molecule has 0 unspecified atom stereocenters. The number of aromatic nitrogens is 7. The lowest BCUT2D eigenvalue weighted by Crippen LogP contribution is -2.12. The molecule has 3 heterocycles. The summed E-state index contributed by atoms with van der Waals surface area (Å²) >= 11 is 9.41. The van der Waals surface area contributed by atoms with Gasteiger partial charge in [0, 0.05) is 15.1 Å². The van der Waals surface area contributed by atoms with Crippen LogP contribution in [0.5, 0.6) is 0 Å². The van der Waals surface area contributed by atoms with Crippen molar-refractivity contribution in [3.8, 4) is 23.0 Å². The smallest absolute Gasteiger partial charge is 0.347 e. The van der Waals surface area contributed by atoms with Gasteiger partial charge >= 0.3 is 5.63 Å². The largest absolute Gasteiger partial charge is 0.401 e. The number of aryl methyl sites for hydroxylation is 1. The zero-order valence-corrected chi connectivity index (χ0v) is 20.3. The molecule has 0 radical (unpaired) electrons. The van der Waals surface area contributed by atoms with E-state index in [1.165, 1.54) is 16.9 Å². The normalized spacial score (nSPS) is 11.6. The summed E-state index contributed by atoms with van der Waals surface area (Å²) in [6, 6.07) is 12.0. The van der Waals surface area contributed by atoms with Crippen molar-refractivity contribution in [1.82, 2.24) is 35.0 Å². The van der Waals surface area contributed by atoms with E-state index in [0.717, 1.165) is 14.7 Å². The first-order valence-corrected chi connectivity index (χ1v) is 11.4. The van der Waals surface area contributed by atoms with Crippen LogP contribution in [0.1, 0.15) is 11.3 Å². The Hall–Kier alpha value is -3.51.